The van der Waals surface area contributed by atoms with Crippen molar-refractivity contribution >= 4 is 12.0 Å². The second-order valence-corrected chi connectivity index (χ2v) is 6.82. The number of ether oxygens (including phenoxy) is 2. The summed E-state index contributed by atoms with van der Waals surface area (Å²) in [6.45, 7) is 10.3. The Morgan fingerprint density at radius 2 is 1.80 bits per heavy atom. The lowest BCUT2D eigenvalue weighted by Gasteiger charge is -2.19. The quantitative estimate of drug-likeness (QED) is 0.703. The van der Waals surface area contributed by atoms with Crippen LogP contribution in [-0.2, 0) is 9.53 Å². The normalized spacial score (nSPS) is 12.2. The van der Waals surface area contributed by atoms with E-state index < -0.39 is 11.7 Å². The Balaban J connectivity index is 2.28. The first-order valence-corrected chi connectivity index (χ1v) is 8.70. The lowest BCUT2D eigenvalue weighted by Crippen LogP contribution is -2.33. The molecule has 6 heteroatoms. The van der Waals surface area contributed by atoms with Crippen molar-refractivity contribution < 1.29 is 19.1 Å². The van der Waals surface area contributed by atoms with Crippen LogP contribution in [0.25, 0.3) is 0 Å². The summed E-state index contributed by atoms with van der Waals surface area (Å²) in [4.78, 5) is 23.5. The SMILES string of the molecule is CCOc1ccc(C(C)NC(=O)CCCNC(=O)OC(C)(C)C)cc1. The molecule has 2 amide bonds. The van der Waals surface area contributed by atoms with E-state index in [1.165, 1.54) is 0 Å². The van der Waals surface area contributed by atoms with Crippen LogP contribution in [0, 0.1) is 0 Å². The molecule has 140 valence electrons. The number of alkyl carbamates (subject to hydrolysis) is 1. The van der Waals surface area contributed by atoms with E-state index in [4.69, 9.17) is 9.47 Å². The molecule has 0 saturated heterocycles. The van der Waals surface area contributed by atoms with Gasteiger partial charge in [0, 0.05) is 13.0 Å². The zero-order valence-corrected chi connectivity index (χ0v) is 15.8. The van der Waals surface area contributed by atoms with Crippen molar-refractivity contribution in [1.82, 2.24) is 10.6 Å². The molecule has 0 bridgehead atoms. The molecular formula is C19H30N2O4. The topological polar surface area (TPSA) is 76.7 Å². The Morgan fingerprint density at radius 1 is 1.16 bits per heavy atom. The Kier molecular flexibility index (Phi) is 8.25. The van der Waals surface area contributed by atoms with Gasteiger partial charge >= 0.3 is 6.09 Å². The van der Waals surface area contributed by atoms with Gasteiger partial charge in [0.1, 0.15) is 11.4 Å². The van der Waals surface area contributed by atoms with E-state index in [2.05, 4.69) is 10.6 Å². The molecule has 1 aromatic carbocycles. The molecule has 1 aromatic rings. The van der Waals surface area contributed by atoms with Gasteiger partial charge in [0.05, 0.1) is 12.6 Å². The van der Waals surface area contributed by atoms with Gasteiger partial charge in [-0.05, 0) is 58.7 Å². The highest BCUT2D eigenvalue weighted by Crippen LogP contribution is 2.17. The number of carbonyl (C=O) groups is 2. The predicted octanol–water partition coefficient (Wildman–Crippen LogP) is 3.57. The van der Waals surface area contributed by atoms with Crippen LogP contribution in [0.15, 0.2) is 24.3 Å². The van der Waals surface area contributed by atoms with Gasteiger partial charge in [-0.2, -0.15) is 0 Å². The second kappa shape index (κ2) is 9.91. The summed E-state index contributed by atoms with van der Waals surface area (Å²) in [6.07, 6.45) is 0.439. The van der Waals surface area contributed by atoms with Crippen molar-refractivity contribution in [3.8, 4) is 5.75 Å². The number of amides is 2. The van der Waals surface area contributed by atoms with E-state index in [1.54, 1.807) is 0 Å². The maximum absolute atomic E-state index is 12.0. The molecule has 0 heterocycles. The van der Waals surface area contributed by atoms with E-state index in [9.17, 15) is 9.59 Å². The summed E-state index contributed by atoms with van der Waals surface area (Å²) in [5.74, 6) is 0.769. The predicted molar refractivity (Wildman–Crippen MR) is 97.6 cm³/mol. The van der Waals surface area contributed by atoms with Gasteiger partial charge in [-0.25, -0.2) is 4.79 Å². The van der Waals surface area contributed by atoms with Crippen molar-refractivity contribution in [2.75, 3.05) is 13.2 Å². The number of hydrogen-bond acceptors (Lipinski definition) is 4. The molecule has 0 saturated carbocycles. The van der Waals surface area contributed by atoms with Crippen LogP contribution in [-0.4, -0.2) is 30.8 Å². The van der Waals surface area contributed by atoms with Gasteiger partial charge < -0.3 is 20.1 Å². The molecule has 1 rings (SSSR count). The summed E-state index contributed by atoms with van der Waals surface area (Å²) >= 11 is 0. The van der Waals surface area contributed by atoms with Crippen molar-refractivity contribution in [3.63, 3.8) is 0 Å². The standard InChI is InChI=1S/C19H30N2O4/c1-6-24-16-11-9-15(10-12-16)14(2)21-17(22)8-7-13-20-18(23)25-19(3,4)5/h9-12,14H,6-8,13H2,1-5H3,(H,20,23)(H,21,22). The molecule has 1 atom stereocenters. The molecule has 0 aliphatic carbocycles. The molecule has 0 aliphatic rings. The zero-order chi connectivity index (χ0) is 18.9. The molecule has 1 unspecified atom stereocenters. The molecule has 2 N–H and O–H groups in total. The Morgan fingerprint density at radius 3 is 2.36 bits per heavy atom. The van der Waals surface area contributed by atoms with Crippen LogP contribution in [0.4, 0.5) is 4.79 Å². The fourth-order valence-electron chi connectivity index (χ4n) is 2.17. The Hall–Kier alpha value is -2.24. The monoisotopic (exact) mass is 350 g/mol. The van der Waals surface area contributed by atoms with Crippen molar-refractivity contribution in [3.05, 3.63) is 29.8 Å². The van der Waals surface area contributed by atoms with E-state index >= 15 is 0 Å². The lowest BCUT2D eigenvalue weighted by atomic mass is 10.1. The van der Waals surface area contributed by atoms with Gasteiger partial charge in [0.25, 0.3) is 0 Å². The third kappa shape index (κ3) is 8.98. The van der Waals surface area contributed by atoms with Crippen LogP contribution in [0.2, 0.25) is 0 Å². The highest BCUT2D eigenvalue weighted by molar-refractivity contribution is 5.76. The van der Waals surface area contributed by atoms with E-state index in [-0.39, 0.29) is 11.9 Å². The van der Waals surface area contributed by atoms with Crippen LogP contribution in [0.5, 0.6) is 5.75 Å². The summed E-state index contributed by atoms with van der Waals surface area (Å²) in [5.41, 5.74) is 0.498. The van der Waals surface area contributed by atoms with Crippen LogP contribution in [0.1, 0.15) is 59.1 Å². The summed E-state index contributed by atoms with van der Waals surface area (Å²) in [7, 11) is 0. The summed E-state index contributed by atoms with van der Waals surface area (Å²) in [5, 5.41) is 5.59. The third-order valence-electron chi connectivity index (χ3n) is 3.32. The van der Waals surface area contributed by atoms with E-state index in [1.807, 2.05) is 58.9 Å². The molecule has 25 heavy (non-hydrogen) atoms. The van der Waals surface area contributed by atoms with Crippen LogP contribution >= 0.6 is 0 Å². The highest BCUT2D eigenvalue weighted by Gasteiger charge is 2.15. The number of hydrogen-bond donors (Lipinski definition) is 2. The van der Waals surface area contributed by atoms with Crippen LogP contribution in [0.3, 0.4) is 0 Å². The van der Waals surface area contributed by atoms with Crippen molar-refractivity contribution in [2.24, 2.45) is 0 Å². The largest absolute Gasteiger partial charge is 0.494 e. The zero-order valence-electron chi connectivity index (χ0n) is 15.8. The van der Waals surface area contributed by atoms with Crippen molar-refractivity contribution in [2.45, 2.75) is 59.1 Å². The molecule has 0 aromatic heterocycles. The highest BCUT2D eigenvalue weighted by atomic mass is 16.6. The van der Waals surface area contributed by atoms with Crippen LogP contribution < -0.4 is 15.4 Å². The number of carbonyl (C=O) groups excluding carboxylic acids is 2. The van der Waals surface area contributed by atoms with Gasteiger partial charge in [-0.1, -0.05) is 12.1 Å². The number of rotatable bonds is 8. The summed E-state index contributed by atoms with van der Waals surface area (Å²) < 4.78 is 10.5. The van der Waals surface area contributed by atoms with Gasteiger partial charge in [-0.3, -0.25) is 4.79 Å². The molecule has 0 radical (unpaired) electrons. The average molecular weight is 350 g/mol. The number of benzene rings is 1. The minimum Gasteiger partial charge on any atom is -0.494 e. The maximum Gasteiger partial charge on any atom is 0.407 e. The fraction of sp³-hybridized carbons (Fsp3) is 0.579. The molecule has 0 spiro atoms. The average Bonchev–Trinajstić information content (AvgIpc) is 2.51. The first-order chi connectivity index (χ1) is 11.7. The van der Waals surface area contributed by atoms with E-state index in [0.717, 1.165) is 11.3 Å². The summed E-state index contributed by atoms with van der Waals surface area (Å²) in [6, 6.07) is 7.60. The van der Waals surface area contributed by atoms with Crippen molar-refractivity contribution in [1.29, 1.82) is 0 Å². The van der Waals surface area contributed by atoms with Gasteiger partial charge in [-0.15, -0.1) is 0 Å². The molecule has 0 fully saturated rings. The maximum atomic E-state index is 12.0. The minimum absolute atomic E-state index is 0.0487. The third-order valence-corrected chi connectivity index (χ3v) is 3.32. The van der Waals surface area contributed by atoms with Gasteiger partial charge in [0.2, 0.25) is 5.91 Å². The Bertz CT molecular complexity index is 550. The smallest absolute Gasteiger partial charge is 0.407 e. The molecule has 0 aliphatic heterocycles. The van der Waals surface area contributed by atoms with Gasteiger partial charge in [0.15, 0.2) is 0 Å². The minimum atomic E-state index is -0.519. The second-order valence-electron chi connectivity index (χ2n) is 6.82. The molecular weight excluding hydrogens is 320 g/mol. The fourth-order valence-corrected chi connectivity index (χ4v) is 2.17. The molecule has 6 nitrogen and oxygen atoms in total. The first-order valence-electron chi connectivity index (χ1n) is 8.70. The lowest BCUT2D eigenvalue weighted by molar-refractivity contribution is -0.121. The first kappa shape index (κ1) is 20.8. The van der Waals surface area contributed by atoms with E-state index in [0.29, 0.717) is 26.0 Å². The Labute approximate surface area is 150 Å². The number of nitrogens with one attached hydrogen (secondary N) is 2.